The molecule has 7 heteroatoms. The van der Waals surface area contributed by atoms with Gasteiger partial charge in [0, 0.05) is 6.54 Å². The summed E-state index contributed by atoms with van der Waals surface area (Å²) in [5.41, 5.74) is -0.836. The molecule has 0 aromatic carbocycles. The Morgan fingerprint density at radius 2 is 1.95 bits per heavy atom. The van der Waals surface area contributed by atoms with E-state index in [9.17, 15) is 23.1 Å². The van der Waals surface area contributed by atoms with Gasteiger partial charge in [-0.25, -0.2) is 0 Å². The minimum Gasteiger partial charge on any atom is -0.389 e. The largest absolute Gasteiger partial charge is 0.405 e. The Hall–Kier alpha value is -0.820. The van der Waals surface area contributed by atoms with Crippen molar-refractivity contribution in [3.63, 3.8) is 0 Å². The molecule has 1 aliphatic carbocycles. The van der Waals surface area contributed by atoms with Crippen molar-refractivity contribution >= 4 is 5.91 Å². The summed E-state index contributed by atoms with van der Waals surface area (Å²) in [7, 11) is 0. The molecule has 0 atom stereocenters. The number of rotatable bonds is 5. The lowest BCUT2D eigenvalue weighted by molar-refractivity contribution is -0.138. The molecule has 1 fully saturated rings. The van der Waals surface area contributed by atoms with Crippen LogP contribution < -0.4 is 10.6 Å². The van der Waals surface area contributed by atoms with Crippen LogP contribution in [0.5, 0.6) is 0 Å². The lowest BCUT2D eigenvalue weighted by Crippen LogP contribution is -2.46. The van der Waals surface area contributed by atoms with E-state index in [0.717, 1.165) is 12.8 Å². The Kier molecular flexibility index (Phi) is 5.61. The average Bonchev–Trinajstić information content (AvgIpc) is 2.30. The van der Waals surface area contributed by atoms with Gasteiger partial charge in [-0.1, -0.05) is 6.92 Å². The number of aliphatic hydroxyl groups is 1. The molecule has 1 aliphatic rings. The van der Waals surface area contributed by atoms with Crippen LogP contribution in [0.3, 0.4) is 0 Å². The molecular weight excluding hydrogens is 261 g/mol. The van der Waals surface area contributed by atoms with E-state index < -0.39 is 24.2 Å². The molecule has 1 amide bonds. The van der Waals surface area contributed by atoms with Crippen LogP contribution in [0.15, 0.2) is 0 Å². The van der Waals surface area contributed by atoms with Crippen molar-refractivity contribution in [2.75, 3.05) is 19.6 Å². The third-order valence-corrected chi connectivity index (χ3v) is 3.43. The zero-order valence-electron chi connectivity index (χ0n) is 11.0. The molecular formula is C12H21F3N2O2. The summed E-state index contributed by atoms with van der Waals surface area (Å²) in [4.78, 5) is 11.1. The molecule has 0 spiro atoms. The molecule has 4 nitrogen and oxygen atoms in total. The van der Waals surface area contributed by atoms with Gasteiger partial charge in [-0.05, 0) is 31.6 Å². The van der Waals surface area contributed by atoms with Gasteiger partial charge in [0.1, 0.15) is 6.54 Å². The monoisotopic (exact) mass is 282 g/mol. The first kappa shape index (κ1) is 16.2. The lowest BCUT2D eigenvalue weighted by Gasteiger charge is -2.35. The van der Waals surface area contributed by atoms with Crippen molar-refractivity contribution in [1.29, 1.82) is 0 Å². The highest BCUT2D eigenvalue weighted by atomic mass is 19.4. The standard InChI is InChI=1S/C12H21F3N2O2/c1-9-2-4-11(19,5-3-9)7-16-6-10(18)17-8-12(13,14)15/h9,16,19H,2-8H2,1H3,(H,17,18). The Morgan fingerprint density at radius 3 is 2.47 bits per heavy atom. The van der Waals surface area contributed by atoms with Gasteiger partial charge in [-0.2, -0.15) is 13.2 Å². The van der Waals surface area contributed by atoms with E-state index in [1.54, 1.807) is 5.32 Å². The first-order chi connectivity index (χ1) is 8.70. The van der Waals surface area contributed by atoms with Gasteiger partial charge >= 0.3 is 6.18 Å². The lowest BCUT2D eigenvalue weighted by atomic mass is 9.79. The van der Waals surface area contributed by atoms with Crippen LogP contribution in [0.4, 0.5) is 13.2 Å². The molecule has 19 heavy (non-hydrogen) atoms. The summed E-state index contributed by atoms with van der Waals surface area (Å²) in [6.07, 6.45) is -1.22. The van der Waals surface area contributed by atoms with E-state index in [1.807, 2.05) is 0 Å². The zero-order chi connectivity index (χ0) is 14.5. The molecule has 0 aromatic heterocycles. The molecule has 0 bridgehead atoms. The second-order valence-electron chi connectivity index (χ2n) is 5.40. The van der Waals surface area contributed by atoms with Crippen molar-refractivity contribution in [3.05, 3.63) is 0 Å². The summed E-state index contributed by atoms with van der Waals surface area (Å²) in [6, 6.07) is 0. The van der Waals surface area contributed by atoms with Crippen molar-refractivity contribution in [1.82, 2.24) is 10.6 Å². The molecule has 0 heterocycles. The number of amides is 1. The molecule has 0 unspecified atom stereocenters. The third kappa shape index (κ3) is 6.77. The number of hydrogen-bond donors (Lipinski definition) is 3. The Morgan fingerprint density at radius 1 is 1.37 bits per heavy atom. The average molecular weight is 282 g/mol. The molecule has 3 N–H and O–H groups in total. The summed E-state index contributed by atoms with van der Waals surface area (Å²) in [5, 5.41) is 14.7. The maximum Gasteiger partial charge on any atom is 0.405 e. The molecule has 0 aromatic rings. The zero-order valence-corrected chi connectivity index (χ0v) is 11.0. The van der Waals surface area contributed by atoms with Gasteiger partial charge < -0.3 is 15.7 Å². The molecule has 0 saturated heterocycles. The molecule has 1 saturated carbocycles. The van der Waals surface area contributed by atoms with Gasteiger partial charge in [0.05, 0.1) is 12.1 Å². The second kappa shape index (κ2) is 6.56. The van der Waals surface area contributed by atoms with E-state index in [2.05, 4.69) is 12.2 Å². The highest BCUT2D eigenvalue weighted by Crippen LogP contribution is 2.31. The summed E-state index contributed by atoms with van der Waals surface area (Å²) in [6.45, 7) is 0.819. The fraction of sp³-hybridized carbons (Fsp3) is 0.917. The van der Waals surface area contributed by atoms with Crippen LogP contribution in [0.2, 0.25) is 0 Å². The quantitative estimate of drug-likeness (QED) is 0.710. The summed E-state index contributed by atoms with van der Waals surface area (Å²) >= 11 is 0. The van der Waals surface area contributed by atoms with Crippen molar-refractivity contribution in [2.45, 2.75) is 44.4 Å². The van der Waals surface area contributed by atoms with E-state index in [0.29, 0.717) is 18.8 Å². The maximum atomic E-state index is 11.9. The molecule has 1 rings (SSSR count). The van der Waals surface area contributed by atoms with Crippen molar-refractivity contribution in [3.8, 4) is 0 Å². The number of hydrogen-bond acceptors (Lipinski definition) is 3. The summed E-state index contributed by atoms with van der Waals surface area (Å²) in [5.74, 6) is -0.125. The van der Waals surface area contributed by atoms with E-state index in [4.69, 9.17) is 0 Å². The van der Waals surface area contributed by atoms with Gasteiger partial charge in [-0.3, -0.25) is 4.79 Å². The van der Waals surface area contributed by atoms with Crippen LogP contribution in [0, 0.1) is 5.92 Å². The fourth-order valence-electron chi connectivity index (χ4n) is 2.15. The smallest absolute Gasteiger partial charge is 0.389 e. The minimum atomic E-state index is -4.40. The molecule has 0 radical (unpaired) electrons. The predicted octanol–water partition coefficient (Wildman–Crippen LogP) is 1.20. The van der Waals surface area contributed by atoms with Crippen LogP contribution in [-0.2, 0) is 4.79 Å². The van der Waals surface area contributed by atoms with Gasteiger partial charge in [0.25, 0.3) is 0 Å². The van der Waals surface area contributed by atoms with Crippen molar-refractivity contribution < 1.29 is 23.1 Å². The topological polar surface area (TPSA) is 61.4 Å². The van der Waals surface area contributed by atoms with Gasteiger partial charge in [-0.15, -0.1) is 0 Å². The highest BCUT2D eigenvalue weighted by Gasteiger charge is 2.31. The predicted molar refractivity (Wildman–Crippen MR) is 64.5 cm³/mol. The normalized spacial score (nSPS) is 28.2. The minimum absolute atomic E-state index is 0.214. The molecule has 0 aliphatic heterocycles. The third-order valence-electron chi connectivity index (χ3n) is 3.43. The van der Waals surface area contributed by atoms with E-state index in [-0.39, 0.29) is 13.1 Å². The maximum absolute atomic E-state index is 11.9. The van der Waals surface area contributed by atoms with Crippen LogP contribution in [0.25, 0.3) is 0 Å². The number of halogens is 3. The first-order valence-electron chi connectivity index (χ1n) is 6.47. The molecule has 112 valence electrons. The number of carbonyl (C=O) groups is 1. The number of nitrogens with one attached hydrogen (secondary N) is 2. The van der Waals surface area contributed by atoms with Crippen LogP contribution in [0.1, 0.15) is 32.6 Å². The Balaban J connectivity index is 2.17. The van der Waals surface area contributed by atoms with Gasteiger partial charge in [0.2, 0.25) is 5.91 Å². The van der Waals surface area contributed by atoms with E-state index in [1.165, 1.54) is 0 Å². The number of alkyl halides is 3. The number of carbonyl (C=O) groups excluding carboxylic acids is 1. The van der Waals surface area contributed by atoms with Gasteiger partial charge in [0.15, 0.2) is 0 Å². The van der Waals surface area contributed by atoms with Crippen LogP contribution in [-0.4, -0.2) is 42.4 Å². The Bertz CT molecular complexity index is 300. The SMILES string of the molecule is CC1CCC(O)(CNCC(=O)NCC(F)(F)F)CC1. The van der Waals surface area contributed by atoms with Crippen LogP contribution >= 0.6 is 0 Å². The highest BCUT2D eigenvalue weighted by molar-refractivity contribution is 5.78. The fourth-order valence-corrected chi connectivity index (χ4v) is 2.15. The first-order valence-corrected chi connectivity index (χ1v) is 6.47. The Labute approximate surface area is 110 Å². The van der Waals surface area contributed by atoms with Crippen molar-refractivity contribution in [2.24, 2.45) is 5.92 Å². The summed E-state index contributed by atoms with van der Waals surface area (Å²) < 4.78 is 35.6. The second-order valence-corrected chi connectivity index (χ2v) is 5.40. The van der Waals surface area contributed by atoms with E-state index >= 15 is 0 Å².